The van der Waals surface area contributed by atoms with Crippen molar-refractivity contribution in [2.75, 3.05) is 66.1 Å². The Balaban J connectivity index is 1.37. The van der Waals surface area contributed by atoms with Crippen molar-refractivity contribution in [3.8, 4) is 0 Å². The predicted octanol–water partition coefficient (Wildman–Crippen LogP) is 2.46. The summed E-state index contributed by atoms with van der Waals surface area (Å²) in [6.45, 7) is 13.9. The van der Waals surface area contributed by atoms with Crippen LogP contribution in [-0.4, -0.2) is 87.9 Å². The van der Waals surface area contributed by atoms with E-state index in [0.29, 0.717) is 17.9 Å². The maximum Gasteiger partial charge on any atom is 0.191 e. The topological polar surface area (TPSA) is 52.1 Å². The quantitative estimate of drug-likeness (QED) is 0.442. The molecule has 2 unspecified atom stereocenters. The molecular formula is C25H43N5O. The minimum Gasteiger partial charge on any atom is -0.379 e. The van der Waals surface area contributed by atoms with Crippen molar-refractivity contribution in [2.45, 2.75) is 39.2 Å². The molecule has 2 saturated heterocycles. The molecule has 0 aromatic heterocycles. The molecule has 0 aliphatic carbocycles. The maximum absolute atomic E-state index is 5.55. The minimum atomic E-state index is 0.530. The predicted molar refractivity (Wildman–Crippen MR) is 130 cm³/mol. The number of likely N-dealkylation sites (tertiary alicyclic amines) is 1. The van der Waals surface area contributed by atoms with E-state index in [4.69, 9.17) is 4.74 Å². The van der Waals surface area contributed by atoms with Crippen molar-refractivity contribution in [1.82, 2.24) is 20.4 Å². The third-order valence-electron chi connectivity index (χ3n) is 6.52. The normalized spacial score (nSPS) is 22.1. The molecule has 0 radical (unpaired) electrons. The van der Waals surface area contributed by atoms with Crippen LogP contribution in [0.5, 0.6) is 0 Å². The number of ether oxygens (including phenoxy) is 1. The molecule has 2 fully saturated rings. The lowest BCUT2D eigenvalue weighted by Gasteiger charge is -2.35. The highest BCUT2D eigenvalue weighted by molar-refractivity contribution is 5.79. The number of aliphatic imine (C=N–C) groups is 1. The summed E-state index contributed by atoms with van der Waals surface area (Å²) in [6.07, 6.45) is 3.61. The minimum absolute atomic E-state index is 0.530. The van der Waals surface area contributed by atoms with Crippen molar-refractivity contribution >= 4 is 5.96 Å². The Labute approximate surface area is 189 Å². The van der Waals surface area contributed by atoms with Crippen LogP contribution in [0.4, 0.5) is 0 Å². The number of morpholine rings is 1. The van der Waals surface area contributed by atoms with Crippen LogP contribution in [0, 0.1) is 11.8 Å². The summed E-state index contributed by atoms with van der Waals surface area (Å²) < 4.78 is 5.55. The van der Waals surface area contributed by atoms with Gasteiger partial charge in [-0.15, -0.1) is 0 Å². The van der Waals surface area contributed by atoms with E-state index in [1.807, 2.05) is 7.05 Å². The van der Waals surface area contributed by atoms with Gasteiger partial charge >= 0.3 is 0 Å². The molecule has 2 aliphatic rings. The second kappa shape index (κ2) is 13.0. The Kier molecular flexibility index (Phi) is 10.1. The van der Waals surface area contributed by atoms with E-state index in [-0.39, 0.29) is 0 Å². The molecule has 2 atom stereocenters. The van der Waals surface area contributed by atoms with Crippen LogP contribution < -0.4 is 10.6 Å². The number of guanidine groups is 1. The Morgan fingerprint density at radius 1 is 1.13 bits per heavy atom. The Hall–Kier alpha value is -1.63. The molecule has 0 saturated carbocycles. The largest absolute Gasteiger partial charge is 0.379 e. The standard InChI is InChI=1S/C25H43N5O/c1-21(2)17-24(30-13-15-31-16-14-30)19-28-25(26-3)27-18-23-10-12-29(20-23)11-9-22-7-5-4-6-8-22/h4-8,21,23-24H,9-20H2,1-3H3,(H2,26,27,28). The molecule has 2 aliphatic heterocycles. The number of nitrogens with zero attached hydrogens (tertiary/aromatic N) is 3. The Morgan fingerprint density at radius 3 is 2.61 bits per heavy atom. The lowest BCUT2D eigenvalue weighted by molar-refractivity contribution is 0.0132. The van der Waals surface area contributed by atoms with Gasteiger partial charge in [0.2, 0.25) is 0 Å². The van der Waals surface area contributed by atoms with Crippen molar-refractivity contribution in [1.29, 1.82) is 0 Å². The zero-order chi connectivity index (χ0) is 21.9. The molecule has 2 N–H and O–H groups in total. The van der Waals surface area contributed by atoms with E-state index in [1.165, 1.54) is 31.5 Å². The summed E-state index contributed by atoms with van der Waals surface area (Å²) in [7, 11) is 1.88. The summed E-state index contributed by atoms with van der Waals surface area (Å²) in [5, 5.41) is 7.18. The molecule has 0 spiro atoms. The first-order chi connectivity index (χ1) is 15.1. The molecule has 174 valence electrons. The Morgan fingerprint density at radius 2 is 1.90 bits per heavy atom. The number of hydrogen-bond donors (Lipinski definition) is 2. The molecule has 1 aromatic rings. The van der Waals surface area contributed by atoms with Gasteiger partial charge in [0.1, 0.15) is 0 Å². The summed E-state index contributed by atoms with van der Waals surface area (Å²) in [4.78, 5) is 9.66. The van der Waals surface area contributed by atoms with Crippen molar-refractivity contribution in [3.05, 3.63) is 35.9 Å². The average Bonchev–Trinajstić information content (AvgIpc) is 3.26. The van der Waals surface area contributed by atoms with Gasteiger partial charge in [0.25, 0.3) is 0 Å². The van der Waals surface area contributed by atoms with Crippen LogP contribution in [0.1, 0.15) is 32.3 Å². The average molecular weight is 430 g/mol. The smallest absolute Gasteiger partial charge is 0.191 e. The van der Waals surface area contributed by atoms with Crippen LogP contribution in [0.25, 0.3) is 0 Å². The zero-order valence-corrected chi connectivity index (χ0v) is 19.9. The van der Waals surface area contributed by atoms with Crippen LogP contribution in [0.3, 0.4) is 0 Å². The number of benzene rings is 1. The summed E-state index contributed by atoms with van der Waals surface area (Å²) in [5.41, 5.74) is 1.44. The molecular weight excluding hydrogens is 386 g/mol. The number of rotatable bonds is 10. The number of hydrogen-bond acceptors (Lipinski definition) is 4. The first-order valence-corrected chi connectivity index (χ1v) is 12.2. The monoisotopic (exact) mass is 429 g/mol. The summed E-state index contributed by atoms with van der Waals surface area (Å²) in [6, 6.07) is 11.4. The van der Waals surface area contributed by atoms with Gasteiger partial charge < -0.3 is 20.3 Å². The first-order valence-electron chi connectivity index (χ1n) is 12.2. The highest BCUT2D eigenvalue weighted by atomic mass is 16.5. The van der Waals surface area contributed by atoms with E-state index in [9.17, 15) is 0 Å². The lowest BCUT2D eigenvalue weighted by Crippen LogP contribution is -2.51. The fourth-order valence-corrected chi connectivity index (χ4v) is 4.74. The molecule has 6 heteroatoms. The Bertz CT molecular complexity index is 645. The van der Waals surface area contributed by atoms with Crippen LogP contribution in [0.2, 0.25) is 0 Å². The van der Waals surface area contributed by atoms with Crippen molar-refractivity contribution < 1.29 is 4.74 Å². The van der Waals surface area contributed by atoms with Gasteiger partial charge in [0.05, 0.1) is 13.2 Å². The molecule has 6 nitrogen and oxygen atoms in total. The SMILES string of the molecule is CN=C(NCC1CCN(CCc2ccccc2)C1)NCC(CC(C)C)N1CCOCC1. The number of nitrogens with one attached hydrogen (secondary N) is 2. The highest BCUT2D eigenvalue weighted by Crippen LogP contribution is 2.16. The van der Waals surface area contributed by atoms with E-state index >= 15 is 0 Å². The van der Waals surface area contributed by atoms with Gasteiger partial charge in [-0.05, 0) is 43.2 Å². The fourth-order valence-electron chi connectivity index (χ4n) is 4.74. The molecule has 2 heterocycles. The van der Waals surface area contributed by atoms with E-state index in [2.05, 4.69) is 69.6 Å². The molecule has 3 rings (SSSR count). The van der Waals surface area contributed by atoms with Crippen LogP contribution in [-0.2, 0) is 11.2 Å². The summed E-state index contributed by atoms with van der Waals surface area (Å²) >= 11 is 0. The molecule has 0 amide bonds. The maximum atomic E-state index is 5.55. The van der Waals surface area contributed by atoms with E-state index in [1.54, 1.807) is 0 Å². The van der Waals surface area contributed by atoms with Crippen molar-refractivity contribution in [2.24, 2.45) is 16.8 Å². The van der Waals surface area contributed by atoms with Crippen LogP contribution in [0.15, 0.2) is 35.3 Å². The molecule has 31 heavy (non-hydrogen) atoms. The highest BCUT2D eigenvalue weighted by Gasteiger charge is 2.24. The van der Waals surface area contributed by atoms with Gasteiger partial charge in [-0.2, -0.15) is 0 Å². The second-order valence-corrected chi connectivity index (χ2v) is 9.46. The third-order valence-corrected chi connectivity index (χ3v) is 6.52. The van der Waals surface area contributed by atoms with Gasteiger partial charge in [-0.25, -0.2) is 0 Å². The van der Waals surface area contributed by atoms with Gasteiger partial charge in [-0.3, -0.25) is 9.89 Å². The fraction of sp³-hybridized carbons (Fsp3) is 0.720. The van der Waals surface area contributed by atoms with E-state index in [0.717, 1.165) is 58.3 Å². The van der Waals surface area contributed by atoms with E-state index < -0.39 is 0 Å². The first kappa shape index (κ1) is 24.0. The van der Waals surface area contributed by atoms with Crippen LogP contribution >= 0.6 is 0 Å². The summed E-state index contributed by atoms with van der Waals surface area (Å²) in [5.74, 6) is 2.31. The van der Waals surface area contributed by atoms with Gasteiger partial charge in [0, 0.05) is 52.4 Å². The molecule has 0 bridgehead atoms. The molecule has 1 aromatic carbocycles. The van der Waals surface area contributed by atoms with Crippen molar-refractivity contribution in [3.63, 3.8) is 0 Å². The lowest BCUT2D eigenvalue weighted by atomic mass is 10.0. The zero-order valence-electron chi connectivity index (χ0n) is 19.9. The third kappa shape index (κ3) is 8.43. The van der Waals surface area contributed by atoms with Gasteiger partial charge in [0.15, 0.2) is 5.96 Å². The van der Waals surface area contributed by atoms with Gasteiger partial charge in [-0.1, -0.05) is 44.2 Å². The second-order valence-electron chi connectivity index (χ2n) is 9.46.